The Bertz CT molecular complexity index is 1770. The van der Waals surface area contributed by atoms with Crippen LogP contribution >= 0.6 is 34.7 Å². The average molecular weight is 690 g/mol. The third kappa shape index (κ3) is 10.4. The van der Waals surface area contributed by atoms with Crippen LogP contribution in [0.5, 0.6) is 0 Å². The van der Waals surface area contributed by atoms with Gasteiger partial charge >= 0.3 is 0 Å². The van der Waals surface area contributed by atoms with E-state index in [0.717, 1.165) is 52.9 Å². The maximum absolute atomic E-state index is 11.5. The fraction of sp³-hybridized carbons (Fsp3) is 0.314. The van der Waals surface area contributed by atoms with Gasteiger partial charge in [-0.3, -0.25) is 9.59 Å². The topological polar surface area (TPSA) is 106 Å². The van der Waals surface area contributed by atoms with Crippen LogP contribution in [0.3, 0.4) is 0 Å². The molecule has 2 amide bonds. The van der Waals surface area contributed by atoms with E-state index in [4.69, 9.17) is 18.2 Å². The molecule has 2 N–H and O–H groups in total. The molecule has 1 aliphatic heterocycles. The summed E-state index contributed by atoms with van der Waals surface area (Å²) in [7, 11) is 0. The van der Waals surface area contributed by atoms with E-state index in [-0.39, 0.29) is 24.5 Å². The summed E-state index contributed by atoms with van der Waals surface area (Å²) >= 11 is 8.88. The number of benzene rings is 2. The highest BCUT2D eigenvalue weighted by molar-refractivity contribution is 8.04. The van der Waals surface area contributed by atoms with Crippen molar-refractivity contribution in [3.05, 3.63) is 115 Å². The van der Waals surface area contributed by atoms with Crippen LogP contribution in [0.25, 0.3) is 4.85 Å². The van der Waals surface area contributed by atoms with Gasteiger partial charge in [-0.05, 0) is 85.7 Å². The number of carbonyl (C=O) groups excluding carboxylic acids is 2. The number of amides is 2. The van der Waals surface area contributed by atoms with Crippen molar-refractivity contribution in [1.82, 2.24) is 20.2 Å². The number of anilines is 1. The first-order chi connectivity index (χ1) is 22.0. The summed E-state index contributed by atoms with van der Waals surface area (Å²) in [6.07, 6.45) is 6.93. The van der Waals surface area contributed by atoms with Crippen molar-refractivity contribution in [3.8, 4) is 0 Å². The van der Waals surface area contributed by atoms with Gasteiger partial charge in [0.1, 0.15) is 5.00 Å². The lowest BCUT2D eigenvalue weighted by atomic mass is 9.98. The Balaban J connectivity index is 0.000000190. The van der Waals surface area contributed by atoms with Gasteiger partial charge in [0.2, 0.25) is 17.5 Å². The zero-order chi connectivity index (χ0) is 33.2. The molecule has 0 spiro atoms. The van der Waals surface area contributed by atoms with Crippen molar-refractivity contribution in [2.24, 2.45) is 5.10 Å². The monoisotopic (exact) mass is 689 g/mol. The van der Waals surface area contributed by atoms with Crippen LogP contribution in [0, 0.1) is 27.3 Å². The first-order valence-corrected chi connectivity index (χ1v) is 16.8. The van der Waals surface area contributed by atoms with Crippen molar-refractivity contribution in [3.63, 3.8) is 0 Å². The van der Waals surface area contributed by atoms with Gasteiger partial charge in [-0.25, -0.2) is 9.52 Å². The molecule has 1 unspecified atom stereocenters. The van der Waals surface area contributed by atoms with E-state index >= 15 is 0 Å². The number of aromatic nitrogens is 3. The second kappa shape index (κ2) is 17.6. The Labute approximate surface area is 290 Å². The van der Waals surface area contributed by atoms with Crippen molar-refractivity contribution < 1.29 is 9.59 Å². The first kappa shape index (κ1) is 37.2. The van der Waals surface area contributed by atoms with Crippen molar-refractivity contribution in [2.75, 3.05) is 5.32 Å². The van der Waals surface area contributed by atoms with E-state index in [1.165, 1.54) is 46.7 Å². The van der Waals surface area contributed by atoms with Gasteiger partial charge in [-0.2, -0.15) is 5.10 Å². The number of thiophene rings is 1. The molecule has 1 atom stereocenters. The standard InChI is InChI=1S/C12H13NOS.C11H11ClN4.C11H12N2OS.CH4/c1-8-5-3-4-6-10(8)7-11-12(14)13-9(2)15-11;1-8-14-15-9(2)16(8)13-7-10-3-5-11(12)6-4-10;1-7(14)13-11-10(12-2)8-5-3-4-6-9(8)15-11;/h3-6,11H,2,7H2,1H3,(H,13,14);3-7H,1-2H3;3-6H2,1H3,(H,13,14);1H4. The van der Waals surface area contributed by atoms with Gasteiger partial charge in [0.15, 0.2) is 11.6 Å². The van der Waals surface area contributed by atoms with Crippen LogP contribution in [0.1, 0.15) is 66.0 Å². The first-order valence-electron chi connectivity index (χ1n) is 14.7. The van der Waals surface area contributed by atoms with E-state index < -0.39 is 0 Å². The second-order valence-corrected chi connectivity index (χ2v) is 13.6. The van der Waals surface area contributed by atoms with Gasteiger partial charge in [-0.1, -0.05) is 80.2 Å². The van der Waals surface area contributed by atoms with Gasteiger partial charge in [0.25, 0.3) is 0 Å². The van der Waals surface area contributed by atoms with E-state index in [2.05, 4.69) is 56.4 Å². The summed E-state index contributed by atoms with van der Waals surface area (Å²) < 4.78 is 1.69. The SMILES string of the molecule is C.C=C1NC(=O)C(Cc2ccccc2C)S1.Cc1nnc(C)n1N=Cc1ccc(Cl)cc1.[C-]#[N+]c1c(NC(C)=O)sc2c1CCCC2. The predicted molar refractivity (Wildman–Crippen MR) is 196 cm³/mol. The van der Waals surface area contributed by atoms with Crippen LogP contribution in [-0.4, -0.2) is 38.2 Å². The zero-order valence-corrected chi connectivity index (χ0v) is 28.7. The fourth-order valence-electron chi connectivity index (χ4n) is 4.86. The van der Waals surface area contributed by atoms with Gasteiger partial charge in [0.05, 0.1) is 23.1 Å². The molecule has 0 saturated carbocycles. The molecule has 4 aromatic rings. The Morgan fingerprint density at radius 3 is 2.40 bits per heavy atom. The Kier molecular flexibility index (Phi) is 13.9. The smallest absolute Gasteiger partial charge is 0.238 e. The maximum Gasteiger partial charge on any atom is 0.238 e. The molecular weight excluding hydrogens is 650 g/mol. The molecular formula is C35H40ClN7O2S2. The van der Waals surface area contributed by atoms with Crippen molar-refractivity contribution >= 4 is 63.4 Å². The summed E-state index contributed by atoms with van der Waals surface area (Å²) in [6.45, 7) is 18.2. The quantitative estimate of drug-likeness (QED) is 0.162. The summed E-state index contributed by atoms with van der Waals surface area (Å²) in [6, 6.07) is 15.6. The molecule has 1 saturated heterocycles. The number of thioether (sulfide) groups is 1. The van der Waals surface area contributed by atoms with E-state index in [1.807, 2.05) is 50.2 Å². The normalized spacial score (nSPS) is 14.9. The number of aryl methyl sites for hydroxylation is 4. The molecule has 246 valence electrons. The minimum Gasteiger partial charge on any atom is -0.327 e. The number of rotatable bonds is 5. The number of halogens is 1. The van der Waals surface area contributed by atoms with Crippen LogP contribution < -0.4 is 10.6 Å². The molecule has 1 aliphatic carbocycles. The van der Waals surface area contributed by atoms with Gasteiger partial charge < -0.3 is 10.6 Å². The minimum atomic E-state index is -0.0986. The van der Waals surface area contributed by atoms with Gasteiger partial charge in [-0.15, -0.1) is 21.5 Å². The third-order valence-electron chi connectivity index (χ3n) is 7.20. The molecule has 3 heterocycles. The highest BCUT2D eigenvalue weighted by atomic mass is 35.5. The molecule has 12 heteroatoms. The Morgan fingerprint density at radius 1 is 1.15 bits per heavy atom. The highest BCUT2D eigenvalue weighted by Crippen LogP contribution is 2.43. The molecule has 0 radical (unpaired) electrons. The predicted octanol–water partition coefficient (Wildman–Crippen LogP) is 8.44. The summed E-state index contributed by atoms with van der Waals surface area (Å²) in [5.74, 6) is 1.51. The molecule has 1 fully saturated rings. The number of nitrogens with zero attached hydrogens (tertiary/aromatic N) is 5. The second-order valence-electron chi connectivity index (χ2n) is 10.7. The molecule has 47 heavy (non-hydrogen) atoms. The lowest BCUT2D eigenvalue weighted by Crippen LogP contribution is -2.23. The summed E-state index contributed by atoms with van der Waals surface area (Å²) in [5, 5.41) is 19.8. The van der Waals surface area contributed by atoms with Crippen molar-refractivity contribution in [1.29, 1.82) is 0 Å². The largest absolute Gasteiger partial charge is 0.327 e. The molecule has 2 aromatic carbocycles. The fourth-order valence-corrected chi connectivity index (χ4v) is 7.19. The molecule has 0 bridgehead atoms. The molecule has 2 aliphatic rings. The number of fused-ring (bicyclic) bond motifs is 1. The number of carbonyl (C=O) groups is 2. The van der Waals surface area contributed by atoms with Crippen LogP contribution in [-0.2, 0) is 28.9 Å². The van der Waals surface area contributed by atoms with E-state index in [9.17, 15) is 9.59 Å². The number of hydrogen-bond donors (Lipinski definition) is 2. The molecule has 2 aromatic heterocycles. The Hall–Kier alpha value is -4.24. The maximum atomic E-state index is 11.5. The highest BCUT2D eigenvalue weighted by Gasteiger charge is 2.28. The number of hydrogen-bond acceptors (Lipinski definition) is 7. The van der Waals surface area contributed by atoms with Crippen LogP contribution in [0.4, 0.5) is 10.7 Å². The van der Waals surface area contributed by atoms with E-state index in [1.54, 1.807) is 22.2 Å². The van der Waals surface area contributed by atoms with Gasteiger partial charge in [0, 0.05) is 11.9 Å². The Morgan fingerprint density at radius 2 is 1.81 bits per heavy atom. The van der Waals surface area contributed by atoms with Crippen LogP contribution in [0.2, 0.25) is 5.02 Å². The summed E-state index contributed by atoms with van der Waals surface area (Å²) in [5.41, 5.74) is 5.30. The zero-order valence-electron chi connectivity index (χ0n) is 26.3. The lowest BCUT2D eigenvalue weighted by Gasteiger charge is -2.09. The minimum absolute atomic E-state index is 0. The van der Waals surface area contributed by atoms with Crippen LogP contribution in [0.15, 0.2) is 65.2 Å². The summed E-state index contributed by atoms with van der Waals surface area (Å²) in [4.78, 5) is 27.3. The average Bonchev–Trinajstić information content (AvgIpc) is 3.66. The molecule has 9 nitrogen and oxygen atoms in total. The third-order valence-corrected chi connectivity index (χ3v) is 9.70. The number of nitrogens with one attached hydrogen (secondary N) is 2. The van der Waals surface area contributed by atoms with Crippen molar-refractivity contribution in [2.45, 2.75) is 72.5 Å². The molecule has 6 rings (SSSR count). The lowest BCUT2D eigenvalue weighted by molar-refractivity contribution is -0.119. The van der Waals surface area contributed by atoms with E-state index in [0.29, 0.717) is 10.7 Å².